The summed E-state index contributed by atoms with van der Waals surface area (Å²) in [5, 5.41) is 10.4. The van der Waals surface area contributed by atoms with Crippen LogP contribution in [0.4, 0.5) is 0 Å². The highest BCUT2D eigenvalue weighted by molar-refractivity contribution is 5.94. The van der Waals surface area contributed by atoms with Crippen LogP contribution in [0, 0.1) is 20.8 Å². The highest BCUT2D eigenvalue weighted by Crippen LogP contribution is 2.24. The molecule has 150 valence electrons. The van der Waals surface area contributed by atoms with E-state index in [-0.39, 0.29) is 5.91 Å². The van der Waals surface area contributed by atoms with Gasteiger partial charge in [-0.2, -0.15) is 0 Å². The Morgan fingerprint density at radius 3 is 2.32 bits per heavy atom. The van der Waals surface area contributed by atoms with E-state index >= 15 is 0 Å². The predicted molar refractivity (Wildman–Crippen MR) is 110 cm³/mol. The van der Waals surface area contributed by atoms with E-state index < -0.39 is 6.10 Å². The average molecular weight is 384 g/mol. The predicted octanol–water partition coefficient (Wildman–Crippen LogP) is 1.39. The lowest BCUT2D eigenvalue weighted by atomic mass is 10.1. The number of rotatable bonds is 6. The molecule has 0 bridgehead atoms. The maximum Gasteiger partial charge on any atom is 0.254 e. The molecule has 3 rings (SSSR count). The average Bonchev–Trinajstić information content (AvgIpc) is 2.68. The summed E-state index contributed by atoms with van der Waals surface area (Å²) in [5.74, 6) is 0.965. The topological polar surface area (TPSA) is 54.2 Å². The third-order valence-electron chi connectivity index (χ3n) is 5.33. The zero-order valence-corrected chi connectivity index (χ0v) is 17.1. The van der Waals surface area contributed by atoms with Crippen molar-refractivity contribution in [3.8, 4) is 5.75 Å². The van der Waals surface area contributed by atoms with Crippen LogP contribution in [0.25, 0.3) is 0 Å². The summed E-state index contributed by atoms with van der Waals surface area (Å²) < 4.78 is 5.92. The van der Waals surface area contributed by atoms with Crippen LogP contribution in [0.1, 0.15) is 27.0 Å². The van der Waals surface area contributed by atoms with Crippen molar-refractivity contribution in [2.75, 3.05) is 39.3 Å². The lowest BCUT2D eigenvalue weighted by Crippen LogP contribution is -3.16. The fraction of sp³-hybridized carbons (Fsp3) is 0.435. The van der Waals surface area contributed by atoms with Crippen molar-refractivity contribution < 1.29 is 19.5 Å². The molecule has 0 spiro atoms. The molecule has 2 N–H and O–H groups in total. The number of nitrogens with one attached hydrogen (secondary N) is 1. The largest absolute Gasteiger partial charge is 0.490 e. The molecule has 5 nitrogen and oxygen atoms in total. The molecule has 0 unspecified atom stereocenters. The Morgan fingerprint density at radius 2 is 1.71 bits per heavy atom. The normalized spacial score (nSPS) is 16.1. The second-order valence-electron chi connectivity index (χ2n) is 7.81. The van der Waals surface area contributed by atoms with Crippen LogP contribution in [-0.4, -0.2) is 61.3 Å². The van der Waals surface area contributed by atoms with Gasteiger partial charge in [0.15, 0.2) is 0 Å². The van der Waals surface area contributed by atoms with Crippen LogP contribution in [0.15, 0.2) is 42.5 Å². The quantitative estimate of drug-likeness (QED) is 0.793. The number of aliphatic hydroxyl groups excluding tert-OH is 1. The molecule has 0 saturated carbocycles. The molecule has 1 aliphatic heterocycles. The Kier molecular flexibility index (Phi) is 6.70. The van der Waals surface area contributed by atoms with Gasteiger partial charge in [0.05, 0.1) is 26.2 Å². The molecule has 0 aliphatic carbocycles. The first kappa shape index (κ1) is 20.4. The van der Waals surface area contributed by atoms with Crippen molar-refractivity contribution in [2.24, 2.45) is 0 Å². The van der Waals surface area contributed by atoms with Gasteiger partial charge in [0.1, 0.15) is 25.0 Å². The number of aliphatic hydroxyl groups is 1. The molecule has 2 aromatic carbocycles. The minimum absolute atomic E-state index is 0.0915. The number of carbonyl (C=O) groups is 1. The van der Waals surface area contributed by atoms with Gasteiger partial charge in [-0.1, -0.05) is 35.9 Å². The summed E-state index contributed by atoms with van der Waals surface area (Å²) in [6, 6.07) is 13.6. The zero-order valence-electron chi connectivity index (χ0n) is 17.1. The van der Waals surface area contributed by atoms with Crippen LogP contribution in [0.5, 0.6) is 5.75 Å². The fourth-order valence-corrected chi connectivity index (χ4v) is 3.96. The number of hydrogen-bond donors (Lipinski definition) is 2. The van der Waals surface area contributed by atoms with Gasteiger partial charge < -0.3 is 19.6 Å². The van der Waals surface area contributed by atoms with E-state index in [9.17, 15) is 9.90 Å². The van der Waals surface area contributed by atoms with E-state index in [0.717, 1.165) is 35.5 Å². The second kappa shape index (κ2) is 9.22. The minimum Gasteiger partial charge on any atom is -0.490 e. The van der Waals surface area contributed by atoms with Gasteiger partial charge in [-0.15, -0.1) is 0 Å². The maximum atomic E-state index is 12.5. The van der Waals surface area contributed by atoms with E-state index in [1.54, 1.807) is 0 Å². The van der Waals surface area contributed by atoms with Crippen molar-refractivity contribution in [3.63, 3.8) is 0 Å². The summed E-state index contributed by atoms with van der Waals surface area (Å²) in [6.07, 6.45) is -0.522. The standard InChI is InChI=1S/C23H30N2O3/c1-17-13-18(2)22(19(3)14-17)28-16-21(26)15-24-9-11-25(12-10-24)23(27)20-7-5-4-6-8-20/h4-8,13-14,21,26H,9-12,15-16H2,1-3H3/p+1/t21-/m1/s1. The van der Waals surface area contributed by atoms with E-state index in [0.29, 0.717) is 26.2 Å². The van der Waals surface area contributed by atoms with Crippen LogP contribution in [0.2, 0.25) is 0 Å². The van der Waals surface area contributed by atoms with Crippen molar-refractivity contribution in [3.05, 3.63) is 64.7 Å². The summed E-state index contributed by atoms with van der Waals surface area (Å²) in [7, 11) is 0. The first-order valence-electron chi connectivity index (χ1n) is 10.0. The number of hydrogen-bond acceptors (Lipinski definition) is 3. The van der Waals surface area contributed by atoms with Gasteiger partial charge in [-0.05, 0) is 44.0 Å². The molecule has 1 aliphatic rings. The minimum atomic E-state index is -0.522. The van der Waals surface area contributed by atoms with E-state index in [1.807, 2.05) is 49.1 Å². The van der Waals surface area contributed by atoms with Crippen molar-refractivity contribution in [2.45, 2.75) is 26.9 Å². The highest BCUT2D eigenvalue weighted by Gasteiger charge is 2.26. The van der Waals surface area contributed by atoms with Gasteiger partial charge in [0, 0.05) is 5.56 Å². The number of quaternary nitrogens is 1. The third kappa shape index (κ3) is 5.12. The van der Waals surface area contributed by atoms with Crippen LogP contribution < -0.4 is 9.64 Å². The molecule has 0 radical (unpaired) electrons. The Morgan fingerprint density at radius 1 is 1.11 bits per heavy atom. The number of ether oxygens (including phenoxy) is 1. The number of amides is 1. The number of nitrogens with zero attached hydrogens (tertiary/aromatic N) is 1. The Balaban J connectivity index is 1.45. The van der Waals surface area contributed by atoms with Crippen LogP contribution in [-0.2, 0) is 0 Å². The summed E-state index contributed by atoms with van der Waals surface area (Å²) in [6.45, 7) is 10.2. The van der Waals surface area contributed by atoms with Gasteiger partial charge in [-0.25, -0.2) is 0 Å². The monoisotopic (exact) mass is 383 g/mol. The van der Waals surface area contributed by atoms with E-state index in [1.165, 1.54) is 10.5 Å². The van der Waals surface area contributed by atoms with E-state index in [4.69, 9.17) is 4.74 Å². The smallest absolute Gasteiger partial charge is 0.254 e. The molecule has 28 heavy (non-hydrogen) atoms. The third-order valence-corrected chi connectivity index (χ3v) is 5.33. The molecule has 2 aromatic rings. The lowest BCUT2D eigenvalue weighted by molar-refractivity contribution is -0.907. The van der Waals surface area contributed by atoms with Crippen LogP contribution >= 0.6 is 0 Å². The number of benzene rings is 2. The molecule has 1 amide bonds. The number of carbonyl (C=O) groups excluding carboxylic acids is 1. The van der Waals surface area contributed by atoms with Crippen molar-refractivity contribution in [1.82, 2.24) is 4.90 Å². The molecule has 1 heterocycles. The molecule has 1 atom stereocenters. The maximum absolute atomic E-state index is 12.5. The van der Waals surface area contributed by atoms with Gasteiger partial charge in [-0.3, -0.25) is 4.79 Å². The Labute approximate surface area is 167 Å². The van der Waals surface area contributed by atoms with Gasteiger partial charge >= 0.3 is 0 Å². The number of piperazine rings is 1. The molecular weight excluding hydrogens is 352 g/mol. The van der Waals surface area contributed by atoms with Crippen molar-refractivity contribution >= 4 is 5.91 Å². The first-order chi connectivity index (χ1) is 13.4. The Bertz CT molecular complexity index is 776. The van der Waals surface area contributed by atoms with Crippen LogP contribution in [0.3, 0.4) is 0 Å². The van der Waals surface area contributed by atoms with E-state index in [2.05, 4.69) is 19.1 Å². The van der Waals surface area contributed by atoms with Crippen molar-refractivity contribution in [1.29, 1.82) is 0 Å². The first-order valence-corrected chi connectivity index (χ1v) is 10.0. The Hall–Kier alpha value is -2.37. The summed E-state index contributed by atoms with van der Waals surface area (Å²) in [5.41, 5.74) is 4.16. The summed E-state index contributed by atoms with van der Waals surface area (Å²) >= 11 is 0. The highest BCUT2D eigenvalue weighted by atomic mass is 16.5. The van der Waals surface area contributed by atoms with Gasteiger partial charge in [0.25, 0.3) is 5.91 Å². The molecular formula is C23H31N2O3+. The fourth-order valence-electron chi connectivity index (χ4n) is 3.96. The summed E-state index contributed by atoms with van der Waals surface area (Å²) in [4.78, 5) is 15.7. The molecule has 5 heteroatoms. The molecule has 0 aromatic heterocycles. The SMILES string of the molecule is Cc1cc(C)c(OC[C@H](O)C[NH+]2CCN(C(=O)c3ccccc3)CC2)c(C)c1. The van der Waals surface area contributed by atoms with Gasteiger partial charge in [0.2, 0.25) is 0 Å². The number of aryl methyl sites for hydroxylation is 3. The lowest BCUT2D eigenvalue weighted by Gasteiger charge is -2.33. The molecule has 1 saturated heterocycles. The molecule has 1 fully saturated rings. The second-order valence-corrected chi connectivity index (χ2v) is 7.81. The zero-order chi connectivity index (χ0) is 20.1.